The van der Waals surface area contributed by atoms with Crippen LogP contribution in [0.2, 0.25) is 0 Å². The lowest BCUT2D eigenvalue weighted by Gasteiger charge is -2.13. The zero-order chi connectivity index (χ0) is 14.9. The van der Waals surface area contributed by atoms with Crippen molar-refractivity contribution in [3.05, 3.63) is 22.3 Å². The fourth-order valence-electron chi connectivity index (χ4n) is 1.71. The van der Waals surface area contributed by atoms with Crippen LogP contribution >= 0.6 is 15.9 Å². The topological polar surface area (TPSA) is 105 Å². The van der Waals surface area contributed by atoms with Crippen molar-refractivity contribution in [3.63, 3.8) is 0 Å². The first-order valence-corrected chi connectivity index (χ1v) is 6.21. The molecule has 2 aromatic rings. The van der Waals surface area contributed by atoms with Crippen LogP contribution in [0.1, 0.15) is 10.5 Å². The summed E-state index contributed by atoms with van der Waals surface area (Å²) < 4.78 is 10.6. The highest BCUT2D eigenvalue weighted by Crippen LogP contribution is 2.46. The van der Waals surface area contributed by atoms with E-state index in [1.54, 1.807) is 0 Å². The highest BCUT2D eigenvalue weighted by atomic mass is 79.9. The monoisotopic (exact) mass is 342 g/mol. The summed E-state index contributed by atoms with van der Waals surface area (Å²) in [4.78, 5) is 10.8. The number of phenolic OH excluding ortho intramolecular Hbond substituents is 1. The van der Waals surface area contributed by atoms with Crippen LogP contribution < -0.4 is 9.47 Å². The Hall–Kier alpha value is -2.22. The maximum atomic E-state index is 10.8. The van der Waals surface area contributed by atoms with Crippen molar-refractivity contribution in [2.75, 3.05) is 14.2 Å². The summed E-state index contributed by atoms with van der Waals surface area (Å²) >= 11 is 3.21. The van der Waals surface area contributed by atoms with Crippen LogP contribution in [0.25, 0.3) is 11.3 Å². The highest BCUT2D eigenvalue weighted by molar-refractivity contribution is 9.10. The lowest BCUT2D eigenvalue weighted by molar-refractivity contribution is 0.0690. The number of aromatic carboxylic acids is 1. The minimum atomic E-state index is -1.14. The van der Waals surface area contributed by atoms with Gasteiger partial charge in [-0.1, -0.05) is 0 Å². The fourth-order valence-corrected chi connectivity index (χ4v) is 2.28. The Morgan fingerprint density at radius 1 is 1.35 bits per heavy atom. The van der Waals surface area contributed by atoms with Crippen molar-refractivity contribution in [3.8, 4) is 28.5 Å². The number of rotatable bonds is 4. The number of carboxylic acids is 1. The van der Waals surface area contributed by atoms with E-state index in [9.17, 15) is 9.90 Å². The average molecular weight is 343 g/mol. The third kappa shape index (κ3) is 2.29. The number of aromatic hydroxyl groups is 1. The molecule has 8 heteroatoms. The van der Waals surface area contributed by atoms with E-state index in [0.29, 0.717) is 21.5 Å². The molecule has 0 unspecified atom stereocenters. The molecule has 0 amide bonds. The predicted molar refractivity (Wildman–Crippen MR) is 73.5 cm³/mol. The lowest BCUT2D eigenvalue weighted by Crippen LogP contribution is -1.95. The van der Waals surface area contributed by atoms with Crippen molar-refractivity contribution in [2.24, 2.45) is 0 Å². The Kier molecular flexibility index (Phi) is 3.84. The Labute approximate surface area is 122 Å². The standard InChI is InChI=1S/C12H11BrN2O5/c1-19-8-3-5(10(16)9(13)11(8)20-2)6-4-7(12(17)18)15-14-6/h3-4,16H,1-2H3,(H,14,15)(H,17,18). The molecule has 0 spiro atoms. The molecule has 0 atom stereocenters. The Bertz CT molecular complexity index is 668. The average Bonchev–Trinajstić information content (AvgIpc) is 2.91. The van der Waals surface area contributed by atoms with E-state index >= 15 is 0 Å². The van der Waals surface area contributed by atoms with Gasteiger partial charge in [0.2, 0.25) is 0 Å². The molecule has 0 bridgehead atoms. The molecule has 0 aliphatic heterocycles. The van der Waals surface area contributed by atoms with E-state index in [-0.39, 0.29) is 17.1 Å². The highest BCUT2D eigenvalue weighted by Gasteiger charge is 2.20. The van der Waals surface area contributed by atoms with E-state index in [1.807, 2.05) is 0 Å². The molecule has 1 heterocycles. The number of methoxy groups -OCH3 is 2. The second-order valence-corrected chi connectivity index (χ2v) is 4.59. The van der Waals surface area contributed by atoms with Crippen LogP contribution in [0.3, 0.4) is 0 Å². The van der Waals surface area contributed by atoms with E-state index in [0.717, 1.165) is 0 Å². The number of benzene rings is 1. The van der Waals surface area contributed by atoms with Gasteiger partial charge in [0.1, 0.15) is 15.9 Å². The summed E-state index contributed by atoms with van der Waals surface area (Å²) in [6.45, 7) is 0. The molecular formula is C12H11BrN2O5. The van der Waals surface area contributed by atoms with Gasteiger partial charge in [0.25, 0.3) is 0 Å². The number of carbonyl (C=O) groups is 1. The van der Waals surface area contributed by atoms with E-state index in [4.69, 9.17) is 14.6 Å². The van der Waals surface area contributed by atoms with Crippen LogP contribution in [-0.4, -0.2) is 40.6 Å². The normalized spacial score (nSPS) is 10.3. The molecule has 1 aromatic carbocycles. The molecule has 0 radical (unpaired) electrons. The van der Waals surface area contributed by atoms with Crippen molar-refractivity contribution in [1.82, 2.24) is 10.2 Å². The van der Waals surface area contributed by atoms with Crippen LogP contribution in [0.4, 0.5) is 0 Å². The van der Waals surface area contributed by atoms with Crippen molar-refractivity contribution >= 4 is 21.9 Å². The third-order valence-electron chi connectivity index (χ3n) is 2.67. The SMILES string of the molecule is COc1cc(-c2cc(C(=O)O)[nH]n2)c(O)c(Br)c1OC. The molecule has 2 rings (SSSR count). The van der Waals surface area contributed by atoms with Gasteiger partial charge in [-0.25, -0.2) is 4.79 Å². The number of halogens is 1. The summed E-state index contributed by atoms with van der Waals surface area (Å²) in [5.41, 5.74) is 0.519. The summed E-state index contributed by atoms with van der Waals surface area (Å²) in [7, 11) is 2.90. The lowest BCUT2D eigenvalue weighted by atomic mass is 10.1. The van der Waals surface area contributed by atoms with Crippen molar-refractivity contribution in [2.45, 2.75) is 0 Å². The van der Waals surface area contributed by atoms with Gasteiger partial charge in [-0.15, -0.1) is 0 Å². The number of H-pyrrole nitrogens is 1. The number of aromatic nitrogens is 2. The molecule has 106 valence electrons. The fraction of sp³-hybridized carbons (Fsp3) is 0.167. The Morgan fingerprint density at radius 3 is 2.55 bits per heavy atom. The number of carboxylic acid groups (broad SMARTS) is 1. The van der Waals surface area contributed by atoms with Crippen molar-refractivity contribution in [1.29, 1.82) is 0 Å². The quantitative estimate of drug-likeness (QED) is 0.787. The van der Waals surface area contributed by atoms with E-state index in [1.165, 1.54) is 26.4 Å². The van der Waals surface area contributed by atoms with Gasteiger partial charge in [0, 0.05) is 5.56 Å². The number of ether oxygens (including phenoxy) is 2. The third-order valence-corrected chi connectivity index (χ3v) is 3.41. The van der Waals surface area contributed by atoms with Gasteiger partial charge in [-0.05, 0) is 28.1 Å². The summed E-state index contributed by atoms with van der Waals surface area (Å²) in [6.07, 6.45) is 0. The van der Waals surface area contributed by atoms with E-state index < -0.39 is 5.97 Å². The van der Waals surface area contributed by atoms with Gasteiger partial charge in [0.15, 0.2) is 11.5 Å². The van der Waals surface area contributed by atoms with Gasteiger partial charge < -0.3 is 19.7 Å². The number of hydrogen-bond acceptors (Lipinski definition) is 5. The molecule has 0 fully saturated rings. The first-order valence-electron chi connectivity index (χ1n) is 5.42. The smallest absolute Gasteiger partial charge is 0.353 e. The van der Waals surface area contributed by atoms with Crippen molar-refractivity contribution < 1.29 is 24.5 Å². The molecular weight excluding hydrogens is 332 g/mol. The Balaban J connectivity index is 2.61. The first kappa shape index (κ1) is 14.2. The summed E-state index contributed by atoms with van der Waals surface area (Å²) in [6, 6.07) is 2.83. The maximum Gasteiger partial charge on any atom is 0.353 e. The summed E-state index contributed by atoms with van der Waals surface area (Å²) in [5, 5.41) is 25.2. The number of nitrogens with zero attached hydrogens (tertiary/aromatic N) is 1. The number of nitrogens with one attached hydrogen (secondary N) is 1. The Morgan fingerprint density at radius 2 is 2.05 bits per heavy atom. The van der Waals surface area contributed by atoms with Gasteiger partial charge in [-0.3, -0.25) is 5.10 Å². The molecule has 3 N–H and O–H groups in total. The van der Waals surface area contributed by atoms with Crippen LogP contribution in [0, 0.1) is 0 Å². The molecule has 0 saturated heterocycles. The number of aromatic amines is 1. The second-order valence-electron chi connectivity index (χ2n) is 3.79. The van der Waals surface area contributed by atoms with Crippen LogP contribution in [-0.2, 0) is 0 Å². The first-order chi connectivity index (χ1) is 9.49. The largest absolute Gasteiger partial charge is 0.506 e. The molecule has 20 heavy (non-hydrogen) atoms. The molecule has 1 aromatic heterocycles. The van der Waals surface area contributed by atoms with Gasteiger partial charge >= 0.3 is 5.97 Å². The predicted octanol–water partition coefficient (Wildman–Crippen LogP) is 2.26. The van der Waals surface area contributed by atoms with Crippen LogP contribution in [0.15, 0.2) is 16.6 Å². The molecule has 7 nitrogen and oxygen atoms in total. The zero-order valence-electron chi connectivity index (χ0n) is 10.6. The zero-order valence-corrected chi connectivity index (χ0v) is 12.2. The minimum Gasteiger partial charge on any atom is -0.506 e. The molecule has 0 saturated carbocycles. The number of hydrogen-bond donors (Lipinski definition) is 3. The summed E-state index contributed by atoms with van der Waals surface area (Å²) in [5.74, 6) is -0.538. The van der Waals surface area contributed by atoms with Gasteiger partial charge in [-0.2, -0.15) is 5.10 Å². The minimum absolute atomic E-state index is 0.0784. The van der Waals surface area contributed by atoms with Gasteiger partial charge in [0.05, 0.1) is 19.9 Å². The maximum absolute atomic E-state index is 10.8. The van der Waals surface area contributed by atoms with Crippen LogP contribution in [0.5, 0.6) is 17.2 Å². The molecule has 0 aliphatic carbocycles. The molecule has 0 aliphatic rings. The second kappa shape index (κ2) is 5.41. The number of phenols is 1. The van der Waals surface area contributed by atoms with E-state index in [2.05, 4.69) is 26.1 Å².